The van der Waals surface area contributed by atoms with Gasteiger partial charge < -0.3 is 10.4 Å². The van der Waals surface area contributed by atoms with Gasteiger partial charge in [-0.1, -0.05) is 32.8 Å². The maximum absolute atomic E-state index is 10.2. The van der Waals surface area contributed by atoms with Crippen LogP contribution in [0.2, 0.25) is 0 Å². The summed E-state index contributed by atoms with van der Waals surface area (Å²) < 4.78 is 0. The summed E-state index contributed by atoms with van der Waals surface area (Å²) in [5.41, 5.74) is 2.55. The molecule has 0 aliphatic heterocycles. The van der Waals surface area contributed by atoms with Crippen molar-refractivity contribution in [3.05, 3.63) is 29.6 Å². The van der Waals surface area contributed by atoms with E-state index in [0.717, 1.165) is 25.7 Å². The molecule has 0 fully saturated rings. The molecule has 2 atom stereocenters. The monoisotopic (exact) mass is 262 g/mol. The second-order valence-electron chi connectivity index (χ2n) is 5.54. The fraction of sp³-hybridized carbons (Fsp3) is 0.688. The SMILES string of the molecule is CCC(CC)C(O)CNC1CCCc2cccnc21. The highest BCUT2D eigenvalue weighted by molar-refractivity contribution is 5.25. The molecule has 2 rings (SSSR count). The molecule has 0 bridgehead atoms. The van der Waals surface area contributed by atoms with Crippen LogP contribution >= 0.6 is 0 Å². The molecular weight excluding hydrogens is 236 g/mol. The Morgan fingerprint density at radius 3 is 2.95 bits per heavy atom. The first-order valence-electron chi connectivity index (χ1n) is 7.61. The third kappa shape index (κ3) is 3.54. The molecule has 0 saturated heterocycles. The van der Waals surface area contributed by atoms with Gasteiger partial charge in [0.15, 0.2) is 0 Å². The van der Waals surface area contributed by atoms with Crippen molar-refractivity contribution in [1.29, 1.82) is 0 Å². The van der Waals surface area contributed by atoms with Crippen LogP contribution in [-0.4, -0.2) is 22.7 Å². The normalized spacial score (nSPS) is 20.3. The summed E-state index contributed by atoms with van der Waals surface area (Å²) in [6.45, 7) is 4.97. The molecule has 106 valence electrons. The number of aromatic nitrogens is 1. The predicted molar refractivity (Wildman–Crippen MR) is 78.0 cm³/mol. The van der Waals surface area contributed by atoms with Gasteiger partial charge in [0.05, 0.1) is 11.8 Å². The Hall–Kier alpha value is -0.930. The number of rotatable bonds is 6. The molecule has 2 N–H and O–H groups in total. The summed E-state index contributed by atoms with van der Waals surface area (Å²) in [5.74, 6) is 0.402. The van der Waals surface area contributed by atoms with Crippen molar-refractivity contribution in [2.75, 3.05) is 6.54 Å². The van der Waals surface area contributed by atoms with Crippen LogP contribution in [0.4, 0.5) is 0 Å². The van der Waals surface area contributed by atoms with Gasteiger partial charge in [0.25, 0.3) is 0 Å². The molecule has 0 amide bonds. The minimum Gasteiger partial charge on any atom is -0.392 e. The van der Waals surface area contributed by atoms with E-state index in [1.807, 2.05) is 12.3 Å². The maximum atomic E-state index is 10.2. The molecule has 3 heteroatoms. The third-order valence-corrected chi connectivity index (χ3v) is 4.36. The van der Waals surface area contributed by atoms with Crippen molar-refractivity contribution >= 4 is 0 Å². The van der Waals surface area contributed by atoms with Crippen LogP contribution in [-0.2, 0) is 6.42 Å². The lowest BCUT2D eigenvalue weighted by Gasteiger charge is -2.28. The number of nitrogens with one attached hydrogen (secondary N) is 1. The predicted octanol–water partition coefficient (Wildman–Crippen LogP) is 2.85. The molecule has 0 radical (unpaired) electrons. The highest BCUT2D eigenvalue weighted by Gasteiger charge is 2.23. The minimum atomic E-state index is -0.246. The van der Waals surface area contributed by atoms with Gasteiger partial charge in [-0.3, -0.25) is 4.98 Å². The second kappa shape index (κ2) is 7.01. The number of hydrogen-bond acceptors (Lipinski definition) is 3. The zero-order chi connectivity index (χ0) is 13.7. The van der Waals surface area contributed by atoms with Crippen molar-refractivity contribution < 1.29 is 5.11 Å². The first-order chi connectivity index (χ1) is 9.26. The zero-order valence-corrected chi connectivity index (χ0v) is 12.1. The summed E-state index contributed by atoms with van der Waals surface area (Å²) in [4.78, 5) is 4.52. The van der Waals surface area contributed by atoms with Gasteiger partial charge in [-0.2, -0.15) is 0 Å². The molecule has 1 heterocycles. The highest BCUT2D eigenvalue weighted by Crippen LogP contribution is 2.27. The summed E-state index contributed by atoms with van der Waals surface area (Å²) >= 11 is 0. The zero-order valence-electron chi connectivity index (χ0n) is 12.1. The number of aryl methyl sites for hydroxylation is 1. The van der Waals surface area contributed by atoms with Gasteiger partial charge in [0, 0.05) is 18.8 Å². The van der Waals surface area contributed by atoms with Gasteiger partial charge in [0.1, 0.15) is 0 Å². The first kappa shape index (κ1) is 14.5. The smallest absolute Gasteiger partial charge is 0.0692 e. The van der Waals surface area contributed by atoms with E-state index in [1.54, 1.807) is 0 Å². The molecule has 1 aromatic heterocycles. The Kier molecular flexibility index (Phi) is 5.34. The summed E-state index contributed by atoms with van der Waals surface area (Å²) in [6.07, 6.45) is 7.17. The lowest BCUT2D eigenvalue weighted by molar-refractivity contribution is 0.0972. The van der Waals surface area contributed by atoms with Crippen molar-refractivity contribution in [3.8, 4) is 0 Å². The van der Waals surface area contributed by atoms with Gasteiger partial charge >= 0.3 is 0 Å². The minimum absolute atomic E-state index is 0.246. The number of nitrogens with zero attached hydrogens (tertiary/aromatic N) is 1. The number of hydrogen-bond donors (Lipinski definition) is 2. The van der Waals surface area contributed by atoms with Crippen molar-refractivity contribution in [1.82, 2.24) is 10.3 Å². The van der Waals surface area contributed by atoms with E-state index in [-0.39, 0.29) is 6.10 Å². The summed E-state index contributed by atoms with van der Waals surface area (Å²) in [6, 6.07) is 4.50. The maximum Gasteiger partial charge on any atom is 0.0692 e. The molecule has 3 nitrogen and oxygen atoms in total. The van der Waals surface area contributed by atoms with Crippen LogP contribution in [0, 0.1) is 5.92 Å². The van der Waals surface area contributed by atoms with Gasteiger partial charge in [0.2, 0.25) is 0 Å². The Labute approximate surface area is 116 Å². The highest BCUT2D eigenvalue weighted by atomic mass is 16.3. The molecule has 1 aliphatic carbocycles. The lowest BCUT2D eigenvalue weighted by Crippen LogP contribution is -2.36. The van der Waals surface area contributed by atoms with Crippen LogP contribution in [0.15, 0.2) is 18.3 Å². The standard InChI is InChI=1S/C16H26N2O/c1-3-12(4-2)15(19)11-18-14-9-5-7-13-8-6-10-17-16(13)14/h6,8,10,12,14-15,18-19H,3-5,7,9,11H2,1-2H3. The van der Waals surface area contributed by atoms with Crippen molar-refractivity contribution in [2.24, 2.45) is 5.92 Å². The lowest BCUT2D eigenvalue weighted by atomic mass is 9.91. The molecule has 0 spiro atoms. The number of aliphatic hydroxyl groups excluding tert-OH is 1. The number of aliphatic hydroxyl groups is 1. The molecule has 1 aliphatic rings. The van der Waals surface area contributed by atoms with Crippen molar-refractivity contribution in [2.45, 2.75) is 58.1 Å². The third-order valence-electron chi connectivity index (χ3n) is 4.36. The summed E-state index contributed by atoms with van der Waals surface area (Å²) in [7, 11) is 0. The fourth-order valence-corrected chi connectivity index (χ4v) is 3.07. The van der Waals surface area contributed by atoms with Crippen LogP contribution in [0.1, 0.15) is 56.8 Å². The topological polar surface area (TPSA) is 45.1 Å². The molecule has 1 aromatic rings. The number of pyridine rings is 1. The Bertz CT molecular complexity index is 390. The quantitative estimate of drug-likeness (QED) is 0.828. The van der Waals surface area contributed by atoms with Crippen LogP contribution in [0.5, 0.6) is 0 Å². The number of fused-ring (bicyclic) bond motifs is 1. The average Bonchev–Trinajstić information content (AvgIpc) is 2.46. The van der Waals surface area contributed by atoms with Gasteiger partial charge in [-0.25, -0.2) is 0 Å². The molecule has 2 unspecified atom stereocenters. The van der Waals surface area contributed by atoms with E-state index in [0.29, 0.717) is 18.5 Å². The second-order valence-corrected chi connectivity index (χ2v) is 5.54. The summed E-state index contributed by atoms with van der Waals surface area (Å²) in [5, 5.41) is 13.7. The van der Waals surface area contributed by atoms with Crippen LogP contribution in [0.3, 0.4) is 0 Å². The van der Waals surface area contributed by atoms with E-state index in [4.69, 9.17) is 0 Å². The van der Waals surface area contributed by atoms with Gasteiger partial charge in [-0.15, -0.1) is 0 Å². The molecule has 0 aromatic carbocycles. The van der Waals surface area contributed by atoms with E-state index >= 15 is 0 Å². The molecule has 0 saturated carbocycles. The Morgan fingerprint density at radius 2 is 2.21 bits per heavy atom. The van der Waals surface area contributed by atoms with E-state index in [2.05, 4.69) is 30.2 Å². The Balaban J connectivity index is 1.94. The van der Waals surface area contributed by atoms with Crippen molar-refractivity contribution in [3.63, 3.8) is 0 Å². The first-order valence-corrected chi connectivity index (χ1v) is 7.61. The van der Waals surface area contributed by atoms with E-state index in [1.165, 1.54) is 17.7 Å². The van der Waals surface area contributed by atoms with E-state index in [9.17, 15) is 5.11 Å². The molecule has 19 heavy (non-hydrogen) atoms. The molecular formula is C16H26N2O. The van der Waals surface area contributed by atoms with Crippen LogP contribution < -0.4 is 5.32 Å². The largest absolute Gasteiger partial charge is 0.392 e. The van der Waals surface area contributed by atoms with Gasteiger partial charge in [-0.05, 0) is 36.8 Å². The fourth-order valence-electron chi connectivity index (χ4n) is 3.07. The van der Waals surface area contributed by atoms with E-state index < -0.39 is 0 Å². The van der Waals surface area contributed by atoms with Crippen LogP contribution in [0.25, 0.3) is 0 Å². The Morgan fingerprint density at radius 1 is 1.42 bits per heavy atom. The average molecular weight is 262 g/mol.